The zero-order valence-electron chi connectivity index (χ0n) is 15.6. The molecule has 5 heteroatoms. The molecule has 0 saturated heterocycles. The van der Waals surface area contributed by atoms with Crippen LogP contribution in [0.25, 0.3) is 0 Å². The second-order valence-corrected chi connectivity index (χ2v) is 17.7. The fourth-order valence-corrected chi connectivity index (χ4v) is 17.4. The Labute approximate surface area is 189 Å². The summed E-state index contributed by atoms with van der Waals surface area (Å²) in [7, 11) is 0. The Bertz CT molecular complexity index is 1040. The third kappa shape index (κ3) is 4.35. The predicted octanol–water partition coefficient (Wildman–Crippen LogP) is 7.04. The van der Waals surface area contributed by atoms with E-state index < -0.39 is 11.9 Å². The van der Waals surface area contributed by atoms with E-state index in [1.807, 2.05) is 0 Å². The number of nitrogens with zero attached hydrogens (tertiary/aromatic N) is 1. The minimum atomic E-state index is -2.19. The lowest BCUT2D eigenvalue weighted by atomic mass is 10.4. The maximum Gasteiger partial charge on any atom is 0.264 e. The van der Waals surface area contributed by atoms with E-state index in [-0.39, 0.29) is 0 Å². The molecule has 0 aliphatic carbocycles. The molecule has 0 radical (unpaired) electrons. The average Bonchev–Trinajstić information content (AvgIpc) is 2.81. The molecular weight excluding hydrogens is 524 g/mol. The van der Waals surface area contributed by atoms with Crippen molar-refractivity contribution in [1.82, 2.24) is 0 Å². The maximum atomic E-state index is 5.68. The average molecular weight is 544 g/mol. The Hall–Kier alpha value is -1.50. The highest BCUT2D eigenvalue weighted by molar-refractivity contribution is 9.45. The Morgan fingerprint density at radius 1 is 0.517 bits per heavy atom. The van der Waals surface area contributed by atoms with Crippen LogP contribution in [0.15, 0.2) is 126 Å². The van der Waals surface area contributed by atoms with Crippen LogP contribution < -0.4 is 21.2 Å². The lowest BCUT2D eigenvalue weighted by molar-refractivity contribution is 1.72. The summed E-state index contributed by atoms with van der Waals surface area (Å²) in [6.07, 6.45) is -2.19. The zero-order chi connectivity index (χ0) is 20.2. The molecule has 0 aromatic heterocycles. The number of benzene rings is 4. The Balaban J connectivity index is 2.05. The fourth-order valence-electron chi connectivity index (χ4n) is 3.18. The molecule has 0 N–H and O–H groups in total. The molecule has 0 spiro atoms. The van der Waals surface area contributed by atoms with Crippen LogP contribution in [0.5, 0.6) is 0 Å². The SMILES string of the molecule is BrP(=N[P+](Br)(c1ccccc1)c1ccccc1)(c1ccccc1)c1ccccc1. The molecule has 0 fully saturated rings. The molecule has 0 unspecified atom stereocenters. The maximum absolute atomic E-state index is 5.68. The molecule has 4 aromatic rings. The highest BCUT2D eigenvalue weighted by Gasteiger charge is 2.44. The van der Waals surface area contributed by atoms with Gasteiger partial charge in [-0.3, -0.25) is 0 Å². The number of hydrogen-bond donors (Lipinski definition) is 0. The Morgan fingerprint density at radius 2 is 0.828 bits per heavy atom. The van der Waals surface area contributed by atoms with Gasteiger partial charge < -0.3 is 0 Å². The summed E-state index contributed by atoms with van der Waals surface area (Å²) in [6.45, 7) is 0. The molecule has 0 amide bonds. The van der Waals surface area contributed by atoms with Crippen LogP contribution in [-0.2, 0) is 0 Å². The van der Waals surface area contributed by atoms with Gasteiger partial charge in [0.05, 0.1) is 0 Å². The summed E-state index contributed by atoms with van der Waals surface area (Å²) < 4.78 is 5.68. The standard InChI is InChI=1S/C24H20Br2NP2/c25-28(21-13-5-1-6-14-21,22-15-7-2-8-16-22)27-29(26,23-17-9-3-10-18-23)24-19-11-4-12-20-24/h1-20H/q+1. The van der Waals surface area contributed by atoms with Gasteiger partial charge in [0.25, 0.3) is 6.12 Å². The second-order valence-electron chi connectivity index (χ2n) is 6.54. The van der Waals surface area contributed by atoms with Gasteiger partial charge in [-0.15, -0.1) is 4.52 Å². The molecule has 0 atom stereocenters. The molecule has 29 heavy (non-hydrogen) atoms. The molecule has 0 saturated carbocycles. The van der Waals surface area contributed by atoms with Gasteiger partial charge in [0.2, 0.25) is 0 Å². The van der Waals surface area contributed by atoms with E-state index in [2.05, 4.69) is 152 Å². The molecule has 144 valence electrons. The molecule has 0 aliphatic rings. The first-order valence-electron chi connectivity index (χ1n) is 9.28. The quantitative estimate of drug-likeness (QED) is 0.239. The summed E-state index contributed by atoms with van der Waals surface area (Å²) in [4.78, 5) is 0. The molecule has 0 aliphatic heterocycles. The lowest BCUT2D eigenvalue weighted by Gasteiger charge is -2.22. The van der Waals surface area contributed by atoms with Crippen molar-refractivity contribution in [3.8, 4) is 0 Å². The molecule has 1 nitrogen and oxygen atoms in total. The molecular formula is C24H20Br2NP2+. The van der Waals surface area contributed by atoms with Crippen molar-refractivity contribution in [2.75, 3.05) is 0 Å². The van der Waals surface area contributed by atoms with Gasteiger partial charge in [-0.05, 0) is 39.8 Å². The van der Waals surface area contributed by atoms with Crippen LogP contribution in [-0.4, -0.2) is 0 Å². The largest absolute Gasteiger partial charge is 0.264 e. The van der Waals surface area contributed by atoms with Crippen molar-refractivity contribution >= 4 is 64.1 Å². The van der Waals surface area contributed by atoms with Gasteiger partial charge in [0.15, 0.2) is 15.5 Å². The van der Waals surface area contributed by atoms with Crippen molar-refractivity contribution in [2.24, 2.45) is 4.52 Å². The van der Waals surface area contributed by atoms with Crippen molar-refractivity contribution < 1.29 is 0 Å². The van der Waals surface area contributed by atoms with E-state index in [1.165, 1.54) is 21.2 Å². The van der Waals surface area contributed by atoms with Crippen LogP contribution in [0, 0.1) is 0 Å². The van der Waals surface area contributed by atoms with Gasteiger partial charge in [0, 0.05) is 10.6 Å². The first kappa shape index (κ1) is 20.8. The number of rotatable bonds is 5. The second kappa shape index (κ2) is 9.11. The van der Waals surface area contributed by atoms with Crippen LogP contribution in [0.4, 0.5) is 0 Å². The van der Waals surface area contributed by atoms with Crippen molar-refractivity contribution in [1.29, 1.82) is 0 Å². The summed E-state index contributed by atoms with van der Waals surface area (Å²) >= 11 is 8.35. The highest BCUT2D eigenvalue weighted by atomic mass is 79.9. The Kier molecular flexibility index (Phi) is 6.52. The Morgan fingerprint density at radius 3 is 1.17 bits per heavy atom. The molecule has 0 heterocycles. The summed E-state index contributed by atoms with van der Waals surface area (Å²) in [6, 6.07) is 42.3. The van der Waals surface area contributed by atoms with Crippen molar-refractivity contribution in [3.63, 3.8) is 0 Å². The smallest absolute Gasteiger partial charge is 0.108 e. The van der Waals surface area contributed by atoms with Crippen LogP contribution in [0.1, 0.15) is 0 Å². The van der Waals surface area contributed by atoms with E-state index >= 15 is 0 Å². The fraction of sp³-hybridized carbons (Fsp3) is 0. The minimum absolute atomic E-state index is 1.21. The van der Waals surface area contributed by atoms with Crippen LogP contribution in [0.2, 0.25) is 0 Å². The van der Waals surface area contributed by atoms with E-state index in [1.54, 1.807) is 0 Å². The summed E-state index contributed by atoms with van der Waals surface area (Å²) in [5.41, 5.74) is 0. The summed E-state index contributed by atoms with van der Waals surface area (Å²) in [5, 5.41) is 4.84. The van der Waals surface area contributed by atoms with Gasteiger partial charge >= 0.3 is 0 Å². The minimum Gasteiger partial charge on any atom is -0.108 e. The monoisotopic (exact) mass is 542 g/mol. The first-order chi connectivity index (χ1) is 14.1. The zero-order valence-corrected chi connectivity index (χ0v) is 20.6. The summed E-state index contributed by atoms with van der Waals surface area (Å²) in [5.74, 6) is -2.19. The third-order valence-corrected chi connectivity index (χ3v) is 18.0. The molecule has 0 bridgehead atoms. The molecule has 4 rings (SSSR count). The lowest BCUT2D eigenvalue weighted by Crippen LogP contribution is -2.18. The topological polar surface area (TPSA) is 12.4 Å². The normalized spacial score (nSPS) is 11.8. The van der Waals surface area contributed by atoms with E-state index in [4.69, 9.17) is 4.52 Å². The van der Waals surface area contributed by atoms with Gasteiger partial charge in [-0.25, -0.2) is 0 Å². The molecule has 4 aromatic carbocycles. The highest BCUT2D eigenvalue weighted by Crippen LogP contribution is 2.74. The third-order valence-electron chi connectivity index (χ3n) is 4.64. The van der Waals surface area contributed by atoms with Gasteiger partial charge in [-0.1, -0.05) is 97.1 Å². The van der Waals surface area contributed by atoms with Crippen molar-refractivity contribution in [3.05, 3.63) is 121 Å². The van der Waals surface area contributed by atoms with E-state index in [0.717, 1.165) is 0 Å². The van der Waals surface area contributed by atoms with Crippen LogP contribution in [0.3, 0.4) is 0 Å². The predicted molar refractivity (Wildman–Crippen MR) is 138 cm³/mol. The van der Waals surface area contributed by atoms with Gasteiger partial charge in [-0.2, -0.15) is 0 Å². The van der Waals surface area contributed by atoms with E-state index in [0.29, 0.717) is 0 Å². The van der Waals surface area contributed by atoms with Gasteiger partial charge in [0.1, 0.15) is 16.4 Å². The van der Waals surface area contributed by atoms with Crippen LogP contribution >= 0.6 is 42.9 Å². The van der Waals surface area contributed by atoms with Crippen molar-refractivity contribution in [2.45, 2.75) is 0 Å². The first-order valence-corrected chi connectivity index (χ1v) is 16.8. The number of halogens is 2. The van der Waals surface area contributed by atoms with E-state index in [9.17, 15) is 0 Å². The number of hydrogen-bond acceptors (Lipinski definition) is 1.